The van der Waals surface area contributed by atoms with E-state index < -0.39 is 0 Å². The number of carbonyl (C=O) groups excluding carboxylic acids is 1. The van der Waals surface area contributed by atoms with Crippen molar-refractivity contribution in [2.24, 2.45) is 0 Å². The molecule has 1 amide bonds. The maximum atomic E-state index is 12.2. The van der Waals surface area contributed by atoms with Crippen LogP contribution < -0.4 is 15.5 Å². The summed E-state index contributed by atoms with van der Waals surface area (Å²) in [6, 6.07) is 15.9. The SMILES string of the molecule is CC(C)c1ccccc1NC(=O)CNc1ccc(N(C)C)cc1. The molecular formula is C19H25N3O. The van der Waals surface area contributed by atoms with Gasteiger partial charge in [-0.1, -0.05) is 32.0 Å². The Bertz CT molecular complexity index is 648. The second-order valence-corrected chi connectivity index (χ2v) is 6.08. The summed E-state index contributed by atoms with van der Waals surface area (Å²) in [6.45, 7) is 4.48. The van der Waals surface area contributed by atoms with Crippen molar-refractivity contribution in [3.8, 4) is 0 Å². The Morgan fingerprint density at radius 2 is 1.70 bits per heavy atom. The zero-order valence-corrected chi connectivity index (χ0v) is 14.3. The fourth-order valence-corrected chi connectivity index (χ4v) is 2.37. The van der Waals surface area contributed by atoms with E-state index in [4.69, 9.17) is 0 Å². The van der Waals surface area contributed by atoms with Gasteiger partial charge in [0.2, 0.25) is 5.91 Å². The van der Waals surface area contributed by atoms with E-state index in [1.165, 1.54) is 0 Å². The summed E-state index contributed by atoms with van der Waals surface area (Å²) >= 11 is 0. The van der Waals surface area contributed by atoms with Gasteiger partial charge in [0.25, 0.3) is 0 Å². The smallest absolute Gasteiger partial charge is 0.243 e. The van der Waals surface area contributed by atoms with Gasteiger partial charge >= 0.3 is 0 Å². The van der Waals surface area contributed by atoms with Gasteiger partial charge in [0.05, 0.1) is 6.54 Å². The lowest BCUT2D eigenvalue weighted by Gasteiger charge is -2.15. The minimum Gasteiger partial charge on any atom is -0.378 e. The molecule has 0 spiro atoms. The molecule has 2 aromatic carbocycles. The van der Waals surface area contributed by atoms with Crippen molar-refractivity contribution in [2.75, 3.05) is 36.2 Å². The third-order valence-corrected chi connectivity index (χ3v) is 3.69. The molecule has 0 unspecified atom stereocenters. The summed E-state index contributed by atoms with van der Waals surface area (Å²) in [5, 5.41) is 6.13. The van der Waals surface area contributed by atoms with Gasteiger partial charge in [-0.15, -0.1) is 0 Å². The number of anilines is 3. The number of rotatable bonds is 6. The molecule has 0 aromatic heterocycles. The highest BCUT2D eigenvalue weighted by molar-refractivity contribution is 5.94. The maximum absolute atomic E-state index is 12.2. The highest BCUT2D eigenvalue weighted by atomic mass is 16.1. The Morgan fingerprint density at radius 1 is 1.04 bits per heavy atom. The molecule has 4 heteroatoms. The van der Waals surface area contributed by atoms with Crippen LogP contribution >= 0.6 is 0 Å². The van der Waals surface area contributed by atoms with Crippen LogP contribution in [0.5, 0.6) is 0 Å². The lowest BCUT2D eigenvalue weighted by atomic mass is 10.0. The molecule has 0 bridgehead atoms. The van der Waals surface area contributed by atoms with Crippen LogP contribution in [0.2, 0.25) is 0 Å². The lowest BCUT2D eigenvalue weighted by Crippen LogP contribution is -2.22. The molecule has 0 radical (unpaired) electrons. The number of nitrogens with one attached hydrogen (secondary N) is 2. The second kappa shape index (κ2) is 7.68. The van der Waals surface area contributed by atoms with Gasteiger partial charge in [-0.05, 0) is 41.8 Å². The van der Waals surface area contributed by atoms with Crippen LogP contribution in [-0.2, 0) is 4.79 Å². The van der Waals surface area contributed by atoms with Crippen molar-refractivity contribution in [3.05, 3.63) is 54.1 Å². The van der Waals surface area contributed by atoms with Crippen molar-refractivity contribution in [1.82, 2.24) is 0 Å². The zero-order valence-electron chi connectivity index (χ0n) is 14.3. The molecule has 2 aromatic rings. The largest absolute Gasteiger partial charge is 0.378 e. The number of nitrogens with zero attached hydrogens (tertiary/aromatic N) is 1. The standard InChI is InChI=1S/C19H25N3O/c1-14(2)17-7-5-6-8-18(17)21-19(23)13-20-15-9-11-16(12-10-15)22(3)4/h5-12,14,20H,13H2,1-4H3,(H,21,23). The van der Waals surface area contributed by atoms with E-state index in [-0.39, 0.29) is 12.5 Å². The highest BCUT2D eigenvalue weighted by Crippen LogP contribution is 2.23. The first kappa shape index (κ1) is 16.9. The minimum atomic E-state index is -0.0465. The van der Waals surface area contributed by atoms with E-state index in [9.17, 15) is 4.79 Å². The molecule has 23 heavy (non-hydrogen) atoms. The molecule has 0 aliphatic heterocycles. The van der Waals surface area contributed by atoms with E-state index >= 15 is 0 Å². The minimum absolute atomic E-state index is 0.0465. The molecule has 0 saturated carbocycles. The van der Waals surface area contributed by atoms with Gasteiger partial charge in [-0.3, -0.25) is 4.79 Å². The first-order valence-corrected chi connectivity index (χ1v) is 7.87. The Labute approximate surface area is 138 Å². The molecule has 0 saturated heterocycles. The third kappa shape index (κ3) is 4.74. The van der Waals surface area contributed by atoms with Crippen LogP contribution in [0.15, 0.2) is 48.5 Å². The maximum Gasteiger partial charge on any atom is 0.243 e. The van der Waals surface area contributed by atoms with Crippen molar-refractivity contribution >= 4 is 23.0 Å². The van der Waals surface area contributed by atoms with Crippen molar-refractivity contribution in [2.45, 2.75) is 19.8 Å². The molecular weight excluding hydrogens is 286 g/mol. The number of para-hydroxylation sites is 1. The van der Waals surface area contributed by atoms with Crippen LogP contribution in [0, 0.1) is 0 Å². The summed E-state index contributed by atoms with van der Waals surface area (Å²) in [5.74, 6) is 0.327. The predicted octanol–water partition coefficient (Wildman–Crippen LogP) is 3.93. The average Bonchev–Trinajstić information content (AvgIpc) is 2.53. The van der Waals surface area contributed by atoms with E-state index in [1.807, 2.05) is 67.5 Å². The summed E-state index contributed by atoms with van der Waals surface area (Å²) in [5.41, 5.74) is 4.10. The molecule has 122 valence electrons. The van der Waals surface area contributed by atoms with Gasteiger partial charge in [0, 0.05) is 31.2 Å². The normalized spacial score (nSPS) is 10.5. The monoisotopic (exact) mass is 311 g/mol. The third-order valence-electron chi connectivity index (χ3n) is 3.69. The molecule has 2 N–H and O–H groups in total. The number of amides is 1. The van der Waals surface area contributed by atoms with Crippen LogP contribution in [0.3, 0.4) is 0 Å². The van der Waals surface area contributed by atoms with Crippen LogP contribution in [0.1, 0.15) is 25.3 Å². The summed E-state index contributed by atoms with van der Waals surface area (Å²) < 4.78 is 0. The molecule has 4 nitrogen and oxygen atoms in total. The van der Waals surface area contributed by atoms with Crippen LogP contribution in [-0.4, -0.2) is 26.5 Å². The van der Waals surface area contributed by atoms with Crippen molar-refractivity contribution in [3.63, 3.8) is 0 Å². The summed E-state index contributed by atoms with van der Waals surface area (Å²) in [4.78, 5) is 14.2. The Kier molecular flexibility index (Phi) is 5.63. The molecule has 0 atom stereocenters. The molecule has 2 rings (SSSR count). The quantitative estimate of drug-likeness (QED) is 0.849. The molecule has 0 aliphatic carbocycles. The Hall–Kier alpha value is -2.49. The van der Waals surface area contributed by atoms with E-state index in [0.717, 1.165) is 22.6 Å². The van der Waals surface area contributed by atoms with Gasteiger partial charge in [-0.25, -0.2) is 0 Å². The number of carbonyl (C=O) groups is 1. The van der Waals surface area contributed by atoms with Crippen molar-refractivity contribution < 1.29 is 4.79 Å². The molecule has 0 aliphatic rings. The summed E-state index contributed by atoms with van der Waals surface area (Å²) in [7, 11) is 4.00. The number of hydrogen-bond donors (Lipinski definition) is 2. The fourth-order valence-electron chi connectivity index (χ4n) is 2.37. The first-order chi connectivity index (χ1) is 11.0. The van der Waals surface area contributed by atoms with E-state index in [1.54, 1.807) is 0 Å². The van der Waals surface area contributed by atoms with E-state index in [2.05, 4.69) is 24.5 Å². The average molecular weight is 311 g/mol. The highest BCUT2D eigenvalue weighted by Gasteiger charge is 2.09. The van der Waals surface area contributed by atoms with Gasteiger partial charge in [0.15, 0.2) is 0 Å². The first-order valence-electron chi connectivity index (χ1n) is 7.87. The second-order valence-electron chi connectivity index (χ2n) is 6.08. The summed E-state index contributed by atoms with van der Waals surface area (Å²) in [6.07, 6.45) is 0. The zero-order chi connectivity index (χ0) is 16.8. The van der Waals surface area contributed by atoms with Gasteiger partial charge in [0.1, 0.15) is 0 Å². The van der Waals surface area contributed by atoms with Crippen LogP contribution in [0.25, 0.3) is 0 Å². The molecule has 0 fully saturated rings. The van der Waals surface area contributed by atoms with Crippen LogP contribution in [0.4, 0.5) is 17.1 Å². The number of benzene rings is 2. The fraction of sp³-hybridized carbons (Fsp3) is 0.316. The topological polar surface area (TPSA) is 44.4 Å². The van der Waals surface area contributed by atoms with Gasteiger partial charge < -0.3 is 15.5 Å². The Balaban J connectivity index is 1.93. The number of hydrogen-bond acceptors (Lipinski definition) is 3. The van der Waals surface area contributed by atoms with Gasteiger partial charge in [-0.2, -0.15) is 0 Å². The predicted molar refractivity (Wildman–Crippen MR) is 98.4 cm³/mol. The molecule has 0 heterocycles. The Morgan fingerprint density at radius 3 is 2.30 bits per heavy atom. The van der Waals surface area contributed by atoms with Crippen molar-refractivity contribution in [1.29, 1.82) is 0 Å². The lowest BCUT2D eigenvalue weighted by molar-refractivity contribution is -0.114. The van der Waals surface area contributed by atoms with E-state index in [0.29, 0.717) is 5.92 Å².